The van der Waals surface area contributed by atoms with E-state index in [0.717, 1.165) is 13.1 Å². The third kappa shape index (κ3) is 4.44. The Kier molecular flexibility index (Phi) is 7.30. The number of halogens is 2. The fourth-order valence-corrected chi connectivity index (χ4v) is 4.30. The molecule has 0 radical (unpaired) electrons. The van der Waals surface area contributed by atoms with Crippen LogP contribution in [0.2, 0.25) is 10.0 Å². The van der Waals surface area contributed by atoms with Gasteiger partial charge in [-0.1, -0.05) is 37.0 Å². The largest absolute Gasteiger partial charge is 0.507 e. The SMILES string of the molecule is CCN(CC)CCN1C(=O)C(=O)/C(=C(\O)c2cc(Cl)cc(Cl)c2OC)C1c1ccco1. The van der Waals surface area contributed by atoms with Crippen molar-refractivity contribution in [3.05, 3.63) is 57.5 Å². The maximum absolute atomic E-state index is 13.0. The first-order valence-electron chi connectivity index (χ1n) is 9.91. The highest BCUT2D eigenvalue weighted by molar-refractivity contribution is 6.46. The van der Waals surface area contributed by atoms with Crippen molar-refractivity contribution in [1.82, 2.24) is 9.80 Å². The molecule has 31 heavy (non-hydrogen) atoms. The van der Waals surface area contributed by atoms with Gasteiger partial charge >= 0.3 is 0 Å². The number of ketones is 1. The van der Waals surface area contributed by atoms with Gasteiger partial charge in [0.15, 0.2) is 0 Å². The molecule has 1 aliphatic rings. The summed E-state index contributed by atoms with van der Waals surface area (Å²) in [6.07, 6.45) is 1.46. The maximum atomic E-state index is 13.0. The van der Waals surface area contributed by atoms with Crippen LogP contribution in [-0.2, 0) is 9.59 Å². The first-order chi connectivity index (χ1) is 14.8. The maximum Gasteiger partial charge on any atom is 0.295 e. The molecule has 1 saturated heterocycles. The van der Waals surface area contributed by atoms with E-state index in [9.17, 15) is 14.7 Å². The van der Waals surface area contributed by atoms with Gasteiger partial charge in [0.05, 0.1) is 29.5 Å². The minimum absolute atomic E-state index is 0.101. The zero-order valence-electron chi connectivity index (χ0n) is 17.5. The highest BCUT2D eigenvalue weighted by atomic mass is 35.5. The molecule has 7 nitrogen and oxygen atoms in total. The third-order valence-corrected chi connectivity index (χ3v) is 5.87. The Balaban J connectivity index is 2.14. The molecule has 1 amide bonds. The number of likely N-dealkylation sites (tertiary alicyclic amines) is 1. The number of aliphatic hydroxyl groups is 1. The minimum Gasteiger partial charge on any atom is -0.507 e. The van der Waals surface area contributed by atoms with Crippen molar-refractivity contribution in [2.45, 2.75) is 19.9 Å². The van der Waals surface area contributed by atoms with Crippen LogP contribution in [0.15, 0.2) is 40.5 Å². The van der Waals surface area contributed by atoms with Gasteiger partial charge in [0, 0.05) is 18.1 Å². The van der Waals surface area contributed by atoms with E-state index < -0.39 is 23.5 Å². The number of carbonyl (C=O) groups is 2. The number of carbonyl (C=O) groups excluding carboxylic acids is 2. The van der Waals surface area contributed by atoms with Crippen molar-refractivity contribution in [2.75, 3.05) is 33.3 Å². The van der Waals surface area contributed by atoms with Crippen LogP contribution in [0.1, 0.15) is 31.2 Å². The molecule has 1 fully saturated rings. The van der Waals surface area contributed by atoms with E-state index in [0.29, 0.717) is 18.8 Å². The summed E-state index contributed by atoms with van der Waals surface area (Å²) in [5.74, 6) is -1.42. The van der Waals surface area contributed by atoms with Crippen LogP contribution in [0.25, 0.3) is 5.76 Å². The number of benzene rings is 1. The third-order valence-electron chi connectivity index (χ3n) is 5.37. The summed E-state index contributed by atoms with van der Waals surface area (Å²) in [4.78, 5) is 29.5. The quantitative estimate of drug-likeness (QED) is 0.353. The standard InChI is InChI=1S/C22H24Cl2N2O5/c1-4-25(5-2)8-9-26-18(16-7-6-10-31-16)17(20(28)22(26)29)19(27)14-11-13(23)12-15(24)21(14)30-3/h6-7,10-12,18,27H,4-5,8-9H2,1-3H3/b19-17-. The lowest BCUT2D eigenvalue weighted by Gasteiger charge is -2.26. The fraction of sp³-hybridized carbons (Fsp3) is 0.364. The Labute approximate surface area is 190 Å². The lowest BCUT2D eigenvalue weighted by atomic mass is 9.98. The predicted molar refractivity (Wildman–Crippen MR) is 119 cm³/mol. The molecule has 166 valence electrons. The molecule has 2 heterocycles. The number of hydrogen-bond acceptors (Lipinski definition) is 6. The van der Waals surface area contributed by atoms with Crippen LogP contribution in [0.3, 0.4) is 0 Å². The van der Waals surface area contributed by atoms with Gasteiger partial charge in [-0.05, 0) is 37.4 Å². The zero-order chi connectivity index (χ0) is 22.7. The van der Waals surface area contributed by atoms with Crippen LogP contribution in [-0.4, -0.2) is 59.9 Å². The molecule has 1 aromatic heterocycles. The van der Waals surface area contributed by atoms with Crippen LogP contribution in [0, 0.1) is 0 Å². The second-order valence-corrected chi connectivity index (χ2v) is 7.85. The number of aliphatic hydroxyl groups excluding tert-OH is 1. The number of hydrogen-bond donors (Lipinski definition) is 1. The highest BCUT2D eigenvalue weighted by Crippen LogP contribution is 2.43. The molecule has 1 N–H and O–H groups in total. The van der Waals surface area contributed by atoms with Gasteiger partial charge in [-0.3, -0.25) is 9.59 Å². The molecule has 0 bridgehead atoms. The van der Waals surface area contributed by atoms with E-state index in [2.05, 4.69) is 4.90 Å². The smallest absolute Gasteiger partial charge is 0.295 e. The molecule has 0 saturated carbocycles. The number of likely N-dealkylation sites (N-methyl/N-ethyl adjacent to an activating group) is 1. The van der Waals surface area contributed by atoms with E-state index in [-0.39, 0.29) is 26.9 Å². The number of amides is 1. The van der Waals surface area contributed by atoms with Crippen LogP contribution in [0.5, 0.6) is 5.75 Å². The second kappa shape index (κ2) is 9.77. The van der Waals surface area contributed by atoms with Gasteiger partial charge < -0.3 is 24.1 Å². The summed E-state index contributed by atoms with van der Waals surface area (Å²) in [6.45, 7) is 6.53. The van der Waals surface area contributed by atoms with Crippen molar-refractivity contribution in [3.8, 4) is 5.75 Å². The van der Waals surface area contributed by atoms with Crippen LogP contribution >= 0.6 is 23.2 Å². The van der Waals surface area contributed by atoms with Crippen molar-refractivity contribution >= 4 is 40.7 Å². The van der Waals surface area contributed by atoms with Gasteiger partial charge in [0.25, 0.3) is 11.7 Å². The highest BCUT2D eigenvalue weighted by Gasteiger charge is 2.47. The Morgan fingerprint density at radius 1 is 1.26 bits per heavy atom. The normalized spacial score (nSPS) is 18.3. The molecule has 9 heteroatoms. The van der Waals surface area contributed by atoms with Crippen molar-refractivity contribution in [1.29, 1.82) is 0 Å². The summed E-state index contributed by atoms with van der Waals surface area (Å²) in [7, 11) is 1.39. The van der Waals surface area contributed by atoms with Crippen molar-refractivity contribution < 1.29 is 23.8 Å². The molecule has 1 aromatic carbocycles. The Bertz CT molecular complexity index is 1000. The number of methoxy groups -OCH3 is 1. The Morgan fingerprint density at radius 3 is 2.55 bits per heavy atom. The minimum atomic E-state index is -0.881. The number of nitrogens with zero attached hydrogens (tertiary/aromatic N) is 2. The van der Waals surface area contributed by atoms with E-state index in [1.165, 1.54) is 30.4 Å². The van der Waals surface area contributed by atoms with E-state index in [1.54, 1.807) is 12.1 Å². The van der Waals surface area contributed by atoms with Gasteiger partial charge in [-0.25, -0.2) is 0 Å². The van der Waals surface area contributed by atoms with Gasteiger partial charge in [0.1, 0.15) is 23.3 Å². The summed E-state index contributed by atoms with van der Waals surface area (Å²) in [6, 6.07) is 5.34. The first-order valence-corrected chi connectivity index (χ1v) is 10.7. The molecule has 3 rings (SSSR count). The number of furan rings is 1. The van der Waals surface area contributed by atoms with Crippen LogP contribution in [0.4, 0.5) is 0 Å². The topological polar surface area (TPSA) is 83.2 Å². The molecule has 0 spiro atoms. The number of ether oxygens (including phenoxy) is 1. The zero-order valence-corrected chi connectivity index (χ0v) is 19.0. The summed E-state index contributed by atoms with van der Waals surface area (Å²) >= 11 is 12.3. The van der Waals surface area contributed by atoms with E-state index in [1.807, 2.05) is 13.8 Å². The molecule has 1 atom stereocenters. The Hall–Kier alpha value is -2.48. The summed E-state index contributed by atoms with van der Waals surface area (Å²) in [5, 5.41) is 11.6. The second-order valence-electron chi connectivity index (χ2n) is 7.00. The average Bonchev–Trinajstić information content (AvgIpc) is 3.35. The van der Waals surface area contributed by atoms with Gasteiger partial charge in [0.2, 0.25) is 0 Å². The monoisotopic (exact) mass is 466 g/mol. The lowest BCUT2D eigenvalue weighted by Crippen LogP contribution is -2.37. The van der Waals surface area contributed by atoms with Gasteiger partial charge in [-0.2, -0.15) is 0 Å². The van der Waals surface area contributed by atoms with Crippen LogP contribution < -0.4 is 4.74 Å². The molecular weight excluding hydrogens is 443 g/mol. The molecular formula is C22H24Cl2N2O5. The molecule has 1 aliphatic heterocycles. The van der Waals surface area contributed by atoms with Crippen molar-refractivity contribution in [3.63, 3.8) is 0 Å². The molecule has 0 aliphatic carbocycles. The molecule has 1 unspecified atom stereocenters. The van der Waals surface area contributed by atoms with Crippen molar-refractivity contribution in [2.24, 2.45) is 0 Å². The number of Topliss-reactive ketones (excluding diaryl/α,β-unsaturated/α-hetero) is 1. The average molecular weight is 467 g/mol. The fourth-order valence-electron chi connectivity index (χ4n) is 3.73. The number of rotatable bonds is 8. The lowest BCUT2D eigenvalue weighted by molar-refractivity contribution is -0.140. The summed E-state index contributed by atoms with van der Waals surface area (Å²) < 4.78 is 10.8. The van der Waals surface area contributed by atoms with E-state index >= 15 is 0 Å². The van der Waals surface area contributed by atoms with E-state index in [4.69, 9.17) is 32.4 Å². The predicted octanol–water partition coefficient (Wildman–Crippen LogP) is 4.36. The Morgan fingerprint density at radius 2 is 1.97 bits per heavy atom. The van der Waals surface area contributed by atoms with Gasteiger partial charge in [-0.15, -0.1) is 0 Å². The summed E-state index contributed by atoms with van der Waals surface area (Å²) in [5.41, 5.74) is 0.0226. The first kappa shape index (κ1) is 23.2. The molecule has 2 aromatic rings.